The van der Waals surface area contributed by atoms with Crippen LogP contribution >= 0.6 is 23.8 Å². The van der Waals surface area contributed by atoms with Crippen molar-refractivity contribution in [2.24, 2.45) is 5.73 Å². The number of aryl methyl sites for hydroxylation is 1. The smallest absolute Gasteiger partial charge is 0.130 e. The Kier molecular flexibility index (Phi) is 4.40. The summed E-state index contributed by atoms with van der Waals surface area (Å²) in [5, 5.41) is 0.589. The number of hydrogen-bond donors (Lipinski definition) is 1. The molecule has 0 aromatic heterocycles. The maximum Gasteiger partial charge on any atom is 0.130 e. The molecule has 0 amide bonds. The van der Waals surface area contributed by atoms with Crippen LogP contribution in [0.4, 0.5) is 0 Å². The molecule has 0 aliphatic rings. The van der Waals surface area contributed by atoms with Crippen molar-refractivity contribution >= 4 is 28.8 Å². The SMILES string of the molecule is Cc1ccccc1COc1ccc(Cl)cc1C(N)=S. The first-order chi connectivity index (χ1) is 9.08. The van der Waals surface area contributed by atoms with Crippen LogP contribution in [0.25, 0.3) is 0 Å². The van der Waals surface area contributed by atoms with Crippen molar-refractivity contribution < 1.29 is 4.74 Å². The van der Waals surface area contributed by atoms with Crippen molar-refractivity contribution in [1.82, 2.24) is 0 Å². The molecule has 0 aliphatic heterocycles. The van der Waals surface area contributed by atoms with E-state index < -0.39 is 0 Å². The fourth-order valence-corrected chi connectivity index (χ4v) is 2.08. The lowest BCUT2D eigenvalue weighted by atomic mass is 10.1. The van der Waals surface area contributed by atoms with E-state index in [0.717, 1.165) is 5.56 Å². The first-order valence-corrected chi connectivity index (χ1v) is 6.63. The van der Waals surface area contributed by atoms with Crippen molar-refractivity contribution in [2.45, 2.75) is 13.5 Å². The average molecular weight is 292 g/mol. The molecule has 0 saturated heterocycles. The molecule has 98 valence electrons. The quantitative estimate of drug-likeness (QED) is 0.869. The van der Waals surface area contributed by atoms with Crippen LogP contribution in [0, 0.1) is 6.92 Å². The monoisotopic (exact) mass is 291 g/mol. The van der Waals surface area contributed by atoms with Crippen molar-refractivity contribution in [3.05, 3.63) is 64.2 Å². The van der Waals surface area contributed by atoms with Gasteiger partial charge in [0, 0.05) is 5.02 Å². The van der Waals surface area contributed by atoms with Crippen LogP contribution in [-0.2, 0) is 6.61 Å². The standard InChI is InChI=1S/C15H14ClNOS/c1-10-4-2-3-5-11(10)9-18-14-7-6-12(16)8-13(14)15(17)19/h2-8H,9H2,1H3,(H2,17,19). The minimum atomic E-state index is 0.280. The van der Waals surface area contributed by atoms with Gasteiger partial charge in [-0.2, -0.15) is 0 Å². The van der Waals surface area contributed by atoms with Crippen LogP contribution in [0.1, 0.15) is 16.7 Å². The van der Waals surface area contributed by atoms with Gasteiger partial charge in [-0.1, -0.05) is 48.1 Å². The summed E-state index contributed by atoms with van der Waals surface area (Å²) in [7, 11) is 0. The normalized spacial score (nSPS) is 10.2. The third kappa shape index (κ3) is 3.46. The van der Waals surface area contributed by atoms with Gasteiger partial charge in [-0.05, 0) is 36.2 Å². The van der Waals surface area contributed by atoms with Gasteiger partial charge in [-0.15, -0.1) is 0 Å². The Labute approximate surface area is 123 Å². The van der Waals surface area contributed by atoms with Crippen molar-refractivity contribution in [1.29, 1.82) is 0 Å². The predicted molar refractivity (Wildman–Crippen MR) is 82.9 cm³/mol. The van der Waals surface area contributed by atoms with Gasteiger partial charge in [0.1, 0.15) is 17.3 Å². The van der Waals surface area contributed by atoms with Crippen LogP contribution in [0.5, 0.6) is 5.75 Å². The molecule has 0 heterocycles. The van der Waals surface area contributed by atoms with Gasteiger partial charge in [0.2, 0.25) is 0 Å². The summed E-state index contributed by atoms with van der Waals surface area (Å²) in [5.74, 6) is 0.653. The Hall–Kier alpha value is -1.58. The molecule has 0 saturated carbocycles. The van der Waals surface area contributed by atoms with Crippen molar-refractivity contribution in [3.63, 3.8) is 0 Å². The van der Waals surface area contributed by atoms with E-state index in [9.17, 15) is 0 Å². The third-order valence-corrected chi connectivity index (χ3v) is 3.31. The summed E-state index contributed by atoms with van der Waals surface area (Å²) in [6.45, 7) is 2.53. The number of thiocarbonyl (C=S) groups is 1. The average Bonchev–Trinajstić information content (AvgIpc) is 2.38. The lowest BCUT2D eigenvalue weighted by Gasteiger charge is -2.12. The third-order valence-electron chi connectivity index (χ3n) is 2.85. The van der Waals surface area contributed by atoms with E-state index in [4.69, 9.17) is 34.3 Å². The van der Waals surface area contributed by atoms with Gasteiger partial charge < -0.3 is 10.5 Å². The zero-order valence-electron chi connectivity index (χ0n) is 10.5. The maximum absolute atomic E-state index is 5.93. The molecule has 2 N–H and O–H groups in total. The molecule has 4 heteroatoms. The summed E-state index contributed by atoms with van der Waals surface area (Å²) < 4.78 is 5.79. The number of benzene rings is 2. The Morgan fingerprint density at radius 2 is 2.00 bits per heavy atom. The molecule has 2 aromatic carbocycles. The first kappa shape index (κ1) is 13.8. The van der Waals surface area contributed by atoms with Gasteiger partial charge >= 0.3 is 0 Å². The number of hydrogen-bond acceptors (Lipinski definition) is 2. The van der Waals surface area contributed by atoms with Crippen molar-refractivity contribution in [3.8, 4) is 5.75 Å². The number of ether oxygens (including phenoxy) is 1. The molecule has 19 heavy (non-hydrogen) atoms. The lowest BCUT2D eigenvalue weighted by Crippen LogP contribution is -2.12. The molecular weight excluding hydrogens is 278 g/mol. The highest BCUT2D eigenvalue weighted by Crippen LogP contribution is 2.24. The van der Waals surface area contributed by atoms with Gasteiger partial charge in [0.05, 0.1) is 5.56 Å². The Morgan fingerprint density at radius 3 is 2.68 bits per heavy atom. The molecule has 2 rings (SSSR count). The van der Waals surface area contributed by atoms with E-state index in [0.29, 0.717) is 22.9 Å². The number of halogens is 1. The zero-order valence-corrected chi connectivity index (χ0v) is 12.1. The van der Waals surface area contributed by atoms with E-state index in [1.54, 1.807) is 18.2 Å². The fraction of sp³-hybridized carbons (Fsp3) is 0.133. The van der Waals surface area contributed by atoms with E-state index >= 15 is 0 Å². The van der Waals surface area contributed by atoms with Gasteiger partial charge in [0.25, 0.3) is 0 Å². The second kappa shape index (κ2) is 6.04. The molecule has 0 aliphatic carbocycles. The summed E-state index contributed by atoms with van der Waals surface area (Å²) >= 11 is 10.9. The van der Waals surface area contributed by atoms with Crippen LogP contribution in [0.2, 0.25) is 5.02 Å². The molecule has 2 aromatic rings. The van der Waals surface area contributed by atoms with E-state index in [2.05, 4.69) is 13.0 Å². The van der Waals surface area contributed by atoms with Gasteiger partial charge in [0.15, 0.2) is 0 Å². The van der Waals surface area contributed by atoms with E-state index in [-0.39, 0.29) is 4.99 Å². The van der Waals surface area contributed by atoms with Gasteiger partial charge in [-0.25, -0.2) is 0 Å². The minimum Gasteiger partial charge on any atom is -0.488 e. The van der Waals surface area contributed by atoms with Gasteiger partial charge in [-0.3, -0.25) is 0 Å². The topological polar surface area (TPSA) is 35.2 Å². The summed E-state index contributed by atoms with van der Waals surface area (Å²) in [6.07, 6.45) is 0. The van der Waals surface area contributed by atoms with E-state index in [1.807, 2.05) is 18.2 Å². The molecule has 0 radical (unpaired) electrons. The lowest BCUT2D eigenvalue weighted by molar-refractivity contribution is 0.305. The highest BCUT2D eigenvalue weighted by Gasteiger charge is 2.08. The second-order valence-electron chi connectivity index (χ2n) is 4.22. The molecule has 0 spiro atoms. The van der Waals surface area contributed by atoms with Crippen LogP contribution < -0.4 is 10.5 Å². The molecule has 0 atom stereocenters. The summed E-state index contributed by atoms with van der Waals surface area (Å²) in [5.41, 5.74) is 8.66. The Morgan fingerprint density at radius 1 is 1.26 bits per heavy atom. The van der Waals surface area contributed by atoms with Crippen LogP contribution in [-0.4, -0.2) is 4.99 Å². The first-order valence-electron chi connectivity index (χ1n) is 5.84. The Bertz CT molecular complexity index is 613. The zero-order chi connectivity index (χ0) is 13.8. The molecular formula is C15H14ClNOS. The predicted octanol–water partition coefficient (Wildman–Crippen LogP) is 3.86. The maximum atomic E-state index is 5.93. The largest absolute Gasteiger partial charge is 0.488 e. The highest BCUT2D eigenvalue weighted by molar-refractivity contribution is 7.80. The molecule has 0 fully saturated rings. The molecule has 0 unspecified atom stereocenters. The second-order valence-corrected chi connectivity index (χ2v) is 5.10. The van der Waals surface area contributed by atoms with E-state index in [1.165, 1.54) is 5.56 Å². The number of rotatable bonds is 4. The molecule has 2 nitrogen and oxygen atoms in total. The number of nitrogens with two attached hydrogens (primary N) is 1. The Balaban J connectivity index is 2.20. The summed E-state index contributed by atoms with van der Waals surface area (Å²) in [4.78, 5) is 0.280. The van der Waals surface area contributed by atoms with Crippen LogP contribution in [0.3, 0.4) is 0 Å². The minimum absolute atomic E-state index is 0.280. The van der Waals surface area contributed by atoms with Crippen LogP contribution in [0.15, 0.2) is 42.5 Å². The van der Waals surface area contributed by atoms with Crippen molar-refractivity contribution in [2.75, 3.05) is 0 Å². The molecule has 0 bridgehead atoms. The summed E-state index contributed by atoms with van der Waals surface area (Å²) in [6, 6.07) is 13.3. The highest BCUT2D eigenvalue weighted by atomic mass is 35.5. The fourth-order valence-electron chi connectivity index (χ4n) is 1.75.